The maximum absolute atomic E-state index is 5.85. The third kappa shape index (κ3) is 3.46. The van der Waals surface area contributed by atoms with Crippen molar-refractivity contribution < 1.29 is 4.74 Å². The maximum atomic E-state index is 5.85. The van der Waals surface area contributed by atoms with Crippen LogP contribution in [0.15, 0.2) is 0 Å². The number of hydrogen-bond donors (Lipinski definition) is 1. The fourth-order valence-corrected chi connectivity index (χ4v) is 2.83. The third-order valence-electron chi connectivity index (χ3n) is 3.96. The Labute approximate surface area is 100 Å². The first kappa shape index (κ1) is 12.4. The van der Waals surface area contributed by atoms with Crippen LogP contribution in [0.1, 0.15) is 58.8 Å². The molecule has 2 rings (SSSR count). The molecule has 2 nitrogen and oxygen atoms in total. The van der Waals surface area contributed by atoms with E-state index in [0.29, 0.717) is 18.2 Å². The SMILES string of the molecule is CCCCCC(C)NC1CCOC1C1CC1. The highest BCUT2D eigenvalue weighted by atomic mass is 16.5. The molecular weight excluding hydrogens is 198 g/mol. The second-order valence-electron chi connectivity index (χ2n) is 5.63. The van der Waals surface area contributed by atoms with E-state index >= 15 is 0 Å². The Morgan fingerprint density at radius 2 is 2.06 bits per heavy atom. The predicted octanol–water partition coefficient (Wildman–Crippen LogP) is 3.11. The lowest BCUT2D eigenvalue weighted by atomic mass is 10.0. The van der Waals surface area contributed by atoms with E-state index in [-0.39, 0.29) is 0 Å². The Morgan fingerprint density at radius 1 is 1.25 bits per heavy atom. The highest BCUT2D eigenvalue weighted by Crippen LogP contribution is 2.38. The minimum atomic E-state index is 0.536. The molecule has 1 saturated carbocycles. The summed E-state index contributed by atoms with van der Waals surface area (Å²) in [7, 11) is 0. The van der Waals surface area contributed by atoms with Gasteiger partial charge in [-0.05, 0) is 38.5 Å². The summed E-state index contributed by atoms with van der Waals surface area (Å²) in [5.74, 6) is 0.878. The average molecular weight is 225 g/mol. The number of ether oxygens (including phenoxy) is 1. The Kier molecular flexibility index (Phi) is 4.66. The van der Waals surface area contributed by atoms with Crippen LogP contribution >= 0.6 is 0 Å². The lowest BCUT2D eigenvalue weighted by Gasteiger charge is -2.24. The molecule has 3 unspecified atom stereocenters. The molecule has 0 spiro atoms. The van der Waals surface area contributed by atoms with Crippen molar-refractivity contribution in [2.24, 2.45) is 5.92 Å². The van der Waals surface area contributed by atoms with Crippen LogP contribution in [-0.2, 0) is 4.74 Å². The molecule has 2 heteroatoms. The van der Waals surface area contributed by atoms with Gasteiger partial charge in [0.25, 0.3) is 0 Å². The van der Waals surface area contributed by atoms with E-state index in [4.69, 9.17) is 4.74 Å². The quantitative estimate of drug-likeness (QED) is 0.672. The van der Waals surface area contributed by atoms with Crippen LogP contribution in [0.5, 0.6) is 0 Å². The first-order valence-corrected chi connectivity index (χ1v) is 7.19. The van der Waals surface area contributed by atoms with Gasteiger partial charge in [0.15, 0.2) is 0 Å². The number of nitrogens with one attached hydrogen (secondary N) is 1. The van der Waals surface area contributed by atoms with Crippen molar-refractivity contribution in [1.82, 2.24) is 5.32 Å². The molecule has 0 bridgehead atoms. The van der Waals surface area contributed by atoms with Crippen LogP contribution < -0.4 is 5.32 Å². The normalized spacial score (nSPS) is 31.9. The number of hydrogen-bond acceptors (Lipinski definition) is 2. The van der Waals surface area contributed by atoms with Gasteiger partial charge >= 0.3 is 0 Å². The van der Waals surface area contributed by atoms with Gasteiger partial charge in [0.05, 0.1) is 6.10 Å². The van der Waals surface area contributed by atoms with Crippen molar-refractivity contribution >= 4 is 0 Å². The summed E-state index contributed by atoms with van der Waals surface area (Å²) in [4.78, 5) is 0. The van der Waals surface area contributed by atoms with Crippen molar-refractivity contribution in [3.63, 3.8) is 0 Å². The average Bonchev–Trinajstić information content (AvgIpc) is 3.01. The van der Waals surface area contributed by atoms with Gasteiger partial charge in [-0.15, -0.1) is 0 Å². The summed E-state index contributed by atoms with van der Waals surface area (Å²) in [5, 5.41) is 3.78. The van der Waals surface area contributed by atoms with Gasteiger partial charge in [0.2, 0.25) is 0 Å². The molecule has 2 aliphatic rings. The van der Waals surface area contributed by atoms with Crippen molar-refractivity contribution in [1.29, 1.82) is 0 Å². The molecule has 0 amide bonds. The van der Waals surface area contributed by atoms with Gasteiger partial charge in [0, 0.05) is 18.7 Å². The molecule has 3 atom stereocenters. The van der Waals surface area contributed by atoms with Crippen molar-refractivity contribution in [2.75, 3.05) is 6.61 Å². The van der Waals surface area contributed by atoms with Crippen molar-refractivity contribution in [3.05, 3.63) is 0 Å². The Hall–Kier alpha value is -0.0800. The molecule has 0 aromatic rings. The molecule has 1 heterocycles. The third-order valence-corrected chi connectivity index (χ3v) is 3.96. The van der Waals surface area contributed by atoms with E-state index in [1.54, 1.807) is 0 Å². The zero-order chi connectivity index (χ0) is 11.4. The van der Waals surface area contributed by atoms with Crippen molar-refractivity contribution in [3.8, 4) is 0 Å². The molecule has 1 aliphatic carbocycles. The molecule has 0 aromatic carbocycles. The van der Waals surface area contributed by atoms with Gasteiger partial charge in [-0.1, -0.05) is 26.2 Å². The largest absolute Gasteiger partial charge is 0.376 e. The lowest BCUT2D eigenvalue weighted by Crippen LogP contribution is -2.42. The first-order chi connectivity index (χ1) is 7.81. The minimum Gasteiger partial charge on any atom is -0.376 e. The Balaban J connectivity index is 1.66. The molecular formula is C14H27NO. The van der Waals surface area contributed by atoms with E-state index in [1.807, 2.05) is 0 Å². The van der Waals surface area contributed by atoms with Gasteiger partial charge in [-0.2, -0.15) is 0 Å². The zero-order valence-electron chi connectivity index (χ0n) is 10.9. The van der Waals surface area contributed by atoms with Gasteiger partial charge in [-0.3, -0.25) is 0 Å². The maximum Gasteiger partial charge on any atom is 0.0757 e. The van der Waals surface area contributed by atoms with Crippen LogP contribution in [0.2, 0.25) is 0 Å². The molecule has 1 N–H and O–H groups in total. The highest BCUT2D eigenvalue weighted by molar-refractivity contribution is 4.94. The fourth-order valence-electron chi connectivity index (χ4n) is 2.83. The van der Waals surface area contributed by atoms with Crippen molar-refractivity contribution in [2.45, 2.75) is 77.0 Å². The molecule has 2 fully saturated rings. The highest BCUT2D eigenvalue weighted by Gasteiger charge is 2.40. The smallest absolute Gasteiger partial charge is 0.0757 e. The lowest BCUT2D eigenvalue weighted by molar-refractivity contribution is 0.0790. The van der Waals surface area contributed by atoms with E-state index in [0.717, 1.165) is 12.5 Å². The fraction of sp³-hybridized carbons (Fsp3) is 1.00. The predicted molar refractivity (Wildman–Crippen MR) is 67.6 cm³/mol. The summed E-state index contributed by atoms with van der Waals surface area (Å²) in [6.45, 7) is 5.57. The standard InChI is InChI=1S/C14H27NO/c1-3-4-5-6-11(2)15-13-9-10-16-14(13)12-7-8-12/h11-15H,3-10H2,1-2H3. The van der Waals surface area contributed by atoms with Crippen LogP contribution in [0.3, 0.4) is 0 Å². The Bertz CT molecular complexity index is 203. The molecule has 16 heavy (non-hydrogen) atoms. The van der Waals surface area contributed by atoms with Crippen LogP contribution in [-0.4, -0.2) is 24.8 Å². The molecule has 0 radical (unpaired) electrons. The minimum absolute atomic E-state index is 0.536. The molecule has 1 saturated heterocycles. The summed E-state index contributed by atoms with van der Waals surface area (Å²) < 4.78 is 5.85. The Morgan fingerprint density at radius 3 is 2.75 bits per heavy atom. The number of rotatable bonds is 7. The topological polar surface area (TPSA) is 21.3 Å². The van der Waals surface area contributed by atoms with E-state index in [2.05, 4.69) is 19.2 Å². The van der Waals surface area contributed by atoms with E-state index < -0.39 is 0 Å². The first-order valence-electron chi connectivity index (χ1n) is 7.19. The second-order valence-corrected chi connectivity index (χ2v) is 5.63. The summed E-state index contributed by atoms with van der Waals surface area (Å²) in [6.07, 6.45) is 9.94. The van der Waals surface area contributed by atoms with Crippen LogP contribution in [0.25, 0.3) is 0 Å². The van der Waals surface area contributed by atoms with E-state index in [9.17, 15) is 0 Å². The second kappa shape index (κ2) is 6.02. The van der Waals surface area contributed by atoms with E-state index in [1.165, 1.54) is 44.9 Å². The van der Waals surface area contributed by atoms with Gasteiger partial charge < -0.3 is 10.1 Å². The summed E-state index contributed by atoms with van der Waals surface area (Å²) in [5.41, 5.74) is 0. The van der Waals surface area contributed by atoms with Gasteiger partial charge in [-0.25, -0.2) is 0 Å². The number of unbranched alkanes of at least 4 members (excludes halogenated alkanes) is 2. The summed E-state index contributed by atoms with van der Waals surface area (Å²) in [6, 6.07) is 1.31. The molecule has 1 aliphatic heterocycles. The van der Waals surface area contributed by atoms with Crippen LogP contribution in [0, 0.1) is 5.92 Å². The molecule has 0 aromatic heterocycles. The monoisotopic (exact) mass is 225 g/mol. The summed E-state index contributed by atoms with van der Waals surface area (Å²) >= 11 is 0. The molecule has 94 valence electrons. The van der Waals surface area contributed by atoms with Gasteiger partial charge in [0.1, 0.15) is 0 Å². The van der Waals surface area contributed by atoms with Crippen LogP contribution in [0.4, 0.5) is 0 Å². The zero-order valence-corrected chi connectivity index (χ0v) is 10.9.